The lowest BCUT2D eigenvalue weighted by Gasteiger charge is -2.33. The lowest BCUT2D eigenvalue weighted by Crippen LogP contribution is -2.48. The molecule has 2 heterocycles. The van der Waals surface area contributed by atoms with Gasteiger partial charge in [-0.15, -0.1) is 0 Å². The first-order valence-corrected chi connectivity index (χ1v) is 9.52. The van der Waals surface area contributed by atoms with E-state index in [9.17, 15) is 13.2 Å². The van der Waals surface area contributed by atoms with Crippen molar-refractivity contribution in [1.82, 2.24) is 9.29 Å². The highest BCUT2D eigenvalue weighted by atomic mass is 32.2. The molecule has 0 N–H and O–H groups in total. The highest BCUT2D eigenvalue weighted by Crippen LogP contribution is 2.29. The van der Waals surface area contributed by atoms with Gasteiger partial charge >= 0.3 is 5.97 Å². The Morgan fingerprint density at radius 2 is 2.08 bits per heavy atom. The van der Waals surface area contributed by atoms with Crippen LogP contribution in [0.1, 0.15) is 26.2 Å². The van der Waals surface area contributed by atoms with E-state index in [2.05, 4.69) is 4.98 Å². The van der Waals surface area contributed by atoms with Crippen molar-refractivity contribution >= 4 is 26.9 Å². The number of benzene rings is 1. The van der Waals surface area contributed by atoms with Crippen molar-refractivity contribution < 1.29 is 17.9 Å². The van der Waals surface area contributed by atoms with Crippen LogP contribution in [0.5, 0.6) is 0 Å². The molecule has 0 bridgehead atoms. The van der Waals surface area contributed by atoms with Gasteiger partial charge in [-0.3, -0.25) is 9.78 Å². The first kappa shape index (κ1) is 16.9. The van der Waals surface area contributed by atoms with Gasteiger partial charge in [-0.25, -0.2) is 8.42 Å². The molecular weight excluding hydrogens is 328 g/mol. The molecule has 1 fully saturated rings. The van der Waals surface area contributed by atoms with Crippen molar-refractivity contribution in [2.24, 2.45) is 0 Å². The molecule has 1 aromatic heterocycles. The Labute approximate surface area is 141 Å². The van der Waals surface area contributed by atoms with Crippen molar-refractivity contribution in [1.29, 1.82) is 0 Å². The van der Waals surface area contributed by atoms with E-state index in [0.717, 1.165) is 18.2 Å². The SMILES string of the molecule is CCOC(=O)C1CCCCN1S(=O)(=O)c1cccc2cccnc12. The first-order valence-electron chi connectivity index (χ1n) is 8.08. The van der Waals surface area contributed by atoms with Crippen LogP contribution in [0.15, 0.2) is 41.4 Å². The molecule has 1 aliphatic rings. The van der Waals surface area contributed by atoms with Crippen molar-refractivity contribution in [2.45, 2.75) is 37.1 Å². The molecule has 1 saturated heterocycles. The third-order valence-corrected chi connectivity index (χ3v) is 6.13. The smallest absolute Gasteiger partial charge is 0.324 e. The van der Waals surface area contributed by atoms with Gasteiger partial charge in [-0.1, -0.05) is 18.2 Å². The van der Waals surface area contributed by atoms with Crippen molar-refractivity contribution in [3.05, 3.63) is 36.5 Å². The maximum atomic E-state index is 13.2. The molecule has 6 nitrogen and oxygen atoms in total. The van der Waals surface area contributed by atoms with Crippen LogP contribution in [0.3, 0.4) is 0 Å². The minimum absolute atomic E-state index is 0.136. The number of pyridine rings is 1. The molecule has 1 unspecified atom stereocenters. The van der Waals surface area contributed by atoms with Crippen molar-refractivity contribution in [2.75, 3.05) is 13.2 Å². The number of hydrogen-bond acceptors (Lipinski definition) is 5. The van der Waals surface area contributed by atoms with Gasteiger partial charge in [0.2, 0.25) is 10.0 Å². The normalized spacial score (nSPS) is 19.3. The molecule has 24 heavy (non-hydrogen) atoms. The Kier molecular flexibility index (Phi) is 4.82. The zero-order chi connectivity index (χ0) is 17.2. The molecule has 0 aliphatic carbocycles. The van der Waals surface area contributed by atoms with Gasteiger partial charge in [0.25, 0.3) is 0 Å². The molecular formula is C17H20N2O4S. The molecule has 0 amide bonds. The molecule has 0 spiro atoms. The summed E-state index contributed by atoms with van der Waals surface area (Å²) in [5.41, 5.74) is 0.424. The van der Waals surface area contributed by atoms with E-state index in [4.69, 9.17) is 4.74 Å². The van der Waals surface area contributed by atoms with Crippen LogP contribution in [-0.4, -0.2) is 42.9 Å². The summed E-state index contributed by atoms with van der Waals surface area (Å²) in [6.45, 7) is 2.27. The summed E-state index contributed by atoms with van der Waals surface area (Å²) >= 11 is 0. The van der Waals surface area contributed by atoms with E-state index in [0.29, 0.717) is 18.5 Å². The van der Waals surface area contributed by atoms with Crippen molar-refractivity contribution in [3.8, 4) is 0 Å². The van der Waals surface area contributed by atoms with Gasteiger partial charge in [-0.05, 0) is 38.3 Å². The second-order valence-corrected chi connectivity index (χ2v) is 7.57. The summed E-state index contributed by atoms with van der Waals surface area (Å²) in [6.07, 6.45) is 3.59. The standard InChI is InChI=1S/C17H20N2O4S/c1-2-23-17(20)14-9-3-4-12-19(14)24(21,22)15-10-5-7-13-8-6-11-18-16(13)15/h5-8,10-11,14H,2-4,9,12H2,1H3. The quantitative estimate of drug-likeness (QED) is 0.793. The van der Waals surface area contributed by atoms with E-state index < -0.39 is 22.0 Å². The maximum Gasteiger partial charge on any atom is 0.324 e. The van der Waals surface area contributed by atoms with Crippen LogP contribution in [0, 0.1) is 0 Å². The largest absolute Gasteiger partial charge is 0.465 e. The average molecular weight is 348 g/mol. The Morgan fingerprint density at radius 3 is 2.88 bits per heavy atom. The monoisotopic (exact) mass is 348 g/mol. The summed E-state index contributed by atoms with van der Waals surface area (Å²) in [5, 5.41) is 0.753. The number of carbonyl (C=O) groups is 1. The van der Waals surface area contributed by atoms with E-state index in [1.54, 1.807) is 31.3 Å². The summed E-state index contributed by atoms with van der Waals surface area (Å²) < 4.78 is 32.7. The number of nitrogens with zero attached hydrogens (tertiary/aromatic N) is 2. The van der Waals surface area contributed by atoms with Crippen LogP contribution < -0.4 is 0 Å². The molecule has 1 aromatic carbocycles. The third-order valence-electron chi connectivity index (χ3n) is 4.19. The van der Waals surface area contributed by atoms with Crippen LogP contribution in [0.25, 0.3) is 10.9 Å². The average Bonchev–Trinajstić information content (AvgIpc) is 2.61. The zero-order valence-electron chi connectivity index (χ0n) is 13.5. The Morgan fingerprint density at radius 1 is 1.29 bits per heavy atom. The van der Waals surface area contributed by atoms with Gasteiger partial charge < -0.3 is 4.74 Å². The number of aromatic nitrogens is 1. The fourth-order valence-electron chi connectivity index (χ4n) is 3.08. The van der Waals surface area contributed by atoms with Gasteiger partial charge in [0.1, 0.15) is 10.9 Å². The lowest BCUT2D eigenvalue weighted by atomic mass is 10.1. The number of hydrogen-bond donors (Lipinski definition) is 0. The number of rotatable bonds is 4. The molecule has 7 heteroatoms. The molecule has 0 saturated carbocycles. The Hall–Kier alpha value is -1.99. The molecule has 3 rings (SSSR count). The lowest BCUT2D eigenvalue weighted by molar-refractivity contribution is -0.148. The second-order valence-electron chi connectivity index (χ2n) is 5.71. The molecule has 0 radical (unpaired) electrons. The summed E-state index contributed by atoms with van der Waals surface area (Å²) in [7, 11) is -3.83. The number of para-hydroxylation sites is 1. The molecule has 128 valence electrons. The number of fused-ring (bicyclic) bond motifs is 1. The number of sulfonamides is 1. The number of esters is 1. The van der Waals surface area contributed by atoms with E-state index in [1.807, 2.05) is 12.1 Å². The van der Waals surface area contributed by atoms with Crippen LogP contribution in [0.4, 0.5) is 0 Å². The van der Waals surface area contributed by atoms with Crippen LogP contribution >= 0.6 is 0 Å². The summed E-state index contributed by atoms with van der Waals surface area (Å²) in [5.74, 6) is -0.478. The minimum atomic E-state index is -3.83. The fraction of sp³-hybridized carbons (Fsp3) is 0.412. The Bertz CT molecular complexity index is 845. The van der Waals surface area contributed by atoms with E-state index in [-0.39, 0.29) is 11.5 Å². The Balaban J connectivity index is 2.06. The van der Waals surface area contributed by atoms with Gasteiger partial charge in [0, 0.05) is 18.1 Å². The third kappa shape index (κ3) is 3.01. The number of piperidine rings is 1. The first-order chi connectivity index (χ1) is 11.6. The predicted octanol–water partition coefficient (Wildman–Crippen LogP) is 2.34. The predicted molar refractivity (Wildman–Crippen MR) is 89.9 cm³/mol. The molecule has 2 aromatic rings. The fourth-order valence-corrected chi connectivity index (χ4v) is 4.89. The highest BCUT2D eigenvalue weighted by molar-refractivity contribution is 7.89. The molecule has 1 atom stereocenters. The maximum absolute atomic E-state index is 13.2. The topological polar surface area (TPSA) is 76.6 Å². The number of ether oxygens (including phenoxy) is 1. The zero-order valence-corrected chi connectivity index (χ0v) is 14.3. The second kappa shape index (κ2) is 6.86. The summed E-state index contributed by atoms with van der Waals surface area (Å²) in [6, 6.07) is 7.88. The van der Waals surface area contributed by atoms with E-state index in [1.165, 1.54) is 4.31 Å². The van der Waals surface area contributed by atoms with Gasteiger partial charge in [0.15, 0.2) is 0 Å². The minimum Gasteiger partial charge on any atom is -0.465 e. The van der Waals surface area contributed by atoms with Crippen molar-refractivity contribution in [3.63, 3.8) is 0 Å². The van der Waals surface area contributed by atoms with Gasteiger partial charge in [0.05, 0.1) is 12.1 Å². The summed E-state index contributed by atoms with van der Waals surface area (Å²) in [4.78, 5) is 16.6. The molecule has 1 aliphatic heterocycles. The van der Waals surface area contributed by atoms with Crippen LogP contribution in [-0.2, 0) is 19.6 Å². The number of carbonyl (C=O) groups excluding carboxylic acids is 1. The van der Waals surface area contributed by atoms with E-state index >= 15 is 0 Å². The van der Waals surface area contributed by atoms with Gasteiger partial charge in [-0.2, -0.15) is 4.31 Å². The van der Waals surface area contributed by atoms with Crippen LogP contribution in [0.2, 0.25) is 0 Å². The highest BCUT2D eigenvalue weighted by Gasteiger charge is 2.39.